The van der Waals surface area contributed by atoms with Crippen LogP contribution in [0.15, 0.2) is 36.4 Å². The van der Waals surface area contributed by atoms with Crippen LogP contribution in [0.1, 0.15) is 24.1 Å². The second-order valence-electron chi connectivity index (χ2n) is 5.50. The first-order chi connectivity index (χ1) is 11.4. The van der Waals surface area contributed by atoms with Crippen molar-refractivity contribution in [1.82, 2.24) is 5.32 Å². The van der Waals surface area contributed by atoms with E-state index in [0.29, 0.717) is 26.3 Å². The van der Waals surface area contributed by atoms with Crippen LogP contribution in [0.3, 0.4) is 0 Å². The van der Waals surface area contributed by atoms with Crippen molar-refractivity contribution in [2.75, 3.05) is 4.90 Å². The van der Waals surface area contributed by atoms with Gasteiger partial charge in [-0.2, -0.15) is 0 Å². The first-order valence-corrected chi connectivity index (χ1v) is 8.32. The summed E-state index contributed by atoms with van der Waals surface area (Å²) in [5, 5.41) is 4.18. The molecule has 2 amide bonds. The number of carbonyl (C=O) groups excluding carboxylic acids is 2. The number of hydrogen-bond acceptors (Lipinski definition) is 2. The minimum atomic E-state index is -0.748. The summed E-state index contributed by atoms with van der Waals surface area (Å²) in [6.07, 6.45) is 0. The van der Waals surface area contributed by atoms with E-state index in [2.05, 4.69) is 5.32 Å². The highest BCUT2D eigenvalue weighted by atomic mass is 35.5. The molecule has 1 aliphatic heterocycles. The number of fused-ring (bicyclic) bond motifs is 1. The zero-order valence-electron chi connectivity index (χ0n) is 12.6. The van der Waals surface area contributed by atoms with E-state index in [1.807, 2.05) is 0 Å². The molecule has 1 unspecified atom stereocenters. The molecule has 0 saturated carbocycles. The Kier molecular flexibility index (Phi) is 4.72. The maximum atomic E-state index is 12.8. The van der Waals surface area contributed by atoms with Gasteiger partial charge < -0.3 is 10.2 Å². The van der Waals surface area contributed by atoms with Crippen LogP contribution >= 0.6 is 34.8 Å². The highest BCUT2D eigenvalue weighted by Crippen LogP contribution is 2.39. The van der Waals surface area contributed by atoms with E-state index < -0.39 is 6.04 Å². The number of nitrogens with one attached hydrogen (secondary N) is 1. The molecule has 0 aromatic heterocycles. The number of hydrogen-bond donors (Lipinski definition) is 1. The maximum absolute atomic E-state index is 12.8. The number of benzene rings is 2. The fourth-order valence-electron chi connectivity index (χ4n) is 2.74. The van der Waals surface area contributed by atoms with Crippen molar-refractivity contribution in [1.29, 1.82) is 0 Å². The van der Waals surface area contributed by atoms with E-state index in [0.717, 1.165) is 5.56 Å². The van der Waals surface area contributed by atoms with Crippen molar-refractivity contribution in [3.8, 4) is 0 Å². The van der Waals surface area contributed by atoms with Crippen molar-refractivity contribution < 1.29 is 9.59 Å². The average Bonchev–Trinajstić information content (AvgIpc) is 2.74. The minimum absolute atomic E-state index is 0.228. The predicted molar refractivity (Wildman–Crippen MR) is 95.7 cm³/mol. The first-order valence-electron chi connectivity index (χ1n) is 7.18. The van der Waals surface area contributed by atoms with Gasteiger partial charge in [0, 0.05) is 33.2 Å². The quantitative estimate of drug-likeness (QED) is 0.855. The van der Waals surface area contributed by atoms with E-state index in [1.165, 1.54) is 6.92 Å². The van der Waals surface area contributed by atoms with E-state index >= 15 is 0 Å². The van der Waals surface area contributed by atoms with Gasteiger partial charge in [0.05, 0.1) is 6.54 Å². The molecule has 0 bridgehead atoms. The zero-order valence-corrected chi connectivity index (χ0v) is 14.9. The fourth-order valence-corrected chi connectivity index (χ4v) is 3.38. The Morgan fingerprint density at radius 3 is 2.46 bits per heavy atom. The van der Waals surface area contributed by atoms with Gasteiger partial charge in [0.15, 0.2) is 0 Å². The largest absolute Gasteiger partial charge is 0.341 e. The molecular formula is C17H13Cl3N2O2. The Bertz CT molecular complexity index is 839. The molecule has 24 heavy (non-hydrogen) atoms. The van der Waals surface area contributed by atoms with Gasteiger partial charge in [-0.3, -0.25) is 9.59 Å². The highest BCUT2D eigenvalue weighted by Gasteiger charge is 2.38. The smallest absolute Gasteiger partial charge is 0.254 e. The Labute approximate surface area is 154 Å². The molecule has 3 rings (SSSR count). The molecule has 0 aliphatic carbocycles. The molecule has 1 heterocycles. The monoisotopic (exact) mass is 382 g/mol. The summed E-state index contributed by atoms with van der Waals surface area (Å²) >= 11 is 18.2. The summed E-state index contributed by atoms with van der Waals surface area (Å²) in [5.41, 5.74) is 2.14. The first kappa shape index (κ1) is 17.1. The molecule has 124 valence electrons. The molecule has 7 heteroatoms. The molecule has 1 N–H and O–H groups in total. The lowest BCUT2D eigenvalue weighted by Crippen LogP contribution is -2.36. The van der Waals surface area contributed by atoms with Crippen LogP contribution in [0.5, 0.6) is 0 Å². The summed E-state index contributed by atoms with van der Waals surface area (Å²) in [6, 6.07) is 9.55. The SMILES string of the molecule is CC(=O)NC1C(=O)N(Cc2ccc(Cl)cc2Cl)c2ccc(Cl)cc21. The Morgan fingerprint density at radius 2 is 1.79 bits per heavy atom. The molecule has 2 aromatic carbocycles. The molecule has 2 aromatic rings. The number of anilines is 1. The number of halogens is 3. The van der Waals surface area contributed by atoms with Gasteiger partial charge in [-0.15, -0.1) is 0 Å². The standard InChI is InChI=1S/C17H13Cl3N2O2/c1-9(23)21-16-13-6-11(18)4-5-15(13)22(17(16)24)8-10-2-3-12(19)7-14(10)20/h2-7,16H,8H2,1H3,(H,21,23). The Hall–Kier alpha value is -1.75. The van der Waals surface area contributed by atoms with Gasteiger partial charge in [0.2, 0.25) is 5.91 Å². The normalized spacial score (nSPS) is 16.2. The van der Waals surface area contributed by atoms with Gasteiger partial charge >= 0.3 is 0 Å². The number of amides is 2. The second-order valence-corrected chi connectivity index (χ2v) is 6.78. The number of rotatable bonds is 3. The predicted octanol–water partition coefficient (Wildman–Crippen LogP) is 4.37. The lowest BCUT2D eigenvalue weighted by Gasteiger charge is -2.19. The average molecular weight is 384 g/mol. The van der Waals surface area contributed by atoms with Gasteiger partial charge in [0.1, 0.15) is 6.04 Å². The molecule has 0 radical (unpaired) electrons. The summed E-state index contributed by atoms with van der Waals surface area (Å²) in [7, 11) is 0. The maximum Gasteiger partial charge on any atom is 0.254 e. The van der Waals surface area contributed by atoms with Gasteiger partial charge in [0.25, 0.3) is 5.91 Å². The number of carbonyl (C=O) groups is 2. The van der Waals surface area contributed by atoms with Crippen LogP contribution in [0.2, 0.25) is 15.1 Å². The Balaban J connectivity index is 1.99. The van der Waals surface area contributed by atoms with E-state index in [9.17, 15) is 9.59 Å². The molecule has 0 spiro atoms. The third-order valence-electron chi connectivity index (χ3n) is 3.80. The zero-order chi connectivity index (χ0) is 17.4. The molecule has 0 fully saturated rings. The second kappa shape index (κ2) is 6.63. The molecule has 0 saturated heterocycles. The summed E-state index contributed by atoms with van der Waals surface area (Å²) < 4.78 is 0. The van der Waals surface area contributed by atoms with E-state index in [1.54, 1.807) is 41.3 Å². The van der Waals surface area contributed by atoms with Crippen LogP contribution < -0.4 is 10.2 Å². The van der Waals surface area contributed by atoms with Gasteiger partial charge in [-0.05, 0) is 35.9 Å². The molecule has 1 aliphatic rings. The van der Waals surface area contributed by atoms with Crippen molar-refractivity contribution >= 4 is 52.3 Å². The number of nitrogens with zero attached hydrogens (tertiary/aromatic N) is 1. The summed E-state index contributed by atoms with van der Waals surface area (Å²) in [6.45, 7) is 1.65. The van der Waals surface area contributed by atoms with Crippen LogP contribution in [0, 0.1) is 0 Å². The third kappa shape index (κ3) is 3.22. The van der Waals surface area contributed by atoms with Crippen molar-refractivity contribution in [2.24, 2.45) is 0 Å². The van der Waals surface area contributed by atoms with Gasteiger partial charge in [-0.1, -0.05) is 40.9 Å². The highest BCUT2D eigenvalue weighted by molar-refractivity contribution is 6.35. The molecule has 1 atom stereocenters. The summed E-state index contributed by atoms with van der Waals surface area (Å²) in [4.78, 5) is 25.8. The van der Waals surface area contributed by atoms with E-state index in [-0.39, 0.29) is 18.4 Å². The fraction of sp³-hybridized carbons (Fsp3) is 0.176. The lowest BCUT2D eigenvalue weighted by atomic mass is 10.1. The Morgan fingerprint density at radius 1 is 1.12 bits per heavy atom. The van der Waals surface area contributed by atoms with E-state index in [4.69, 9.17) is 34.8 Å². The van der Waals surface area contributed by atoms with Crippen molar-refractivity contribution in [2.45, 2.75) is 19.5 Å². The van der Waals surface area contributed by atoms with Crippen molar-refractivity contribution in [3.63, 3.8) is 0 Å². The molecular weight excluding hydrogens is 371 g/mol. The molecule has 4 nitrogen and oxygen atoms in total. The van der Waals surface area contributed by atoms with Crippen LogP contribution in [-0.4, -0.2) is 11.8 Å². The van der Waals surface area contributed by atoms with Crippen LogP contribution in [-0.2, 0) is 16.1 Å². The van der Waals surface area contributed by atoms with Crippen LogP contribution in [0.25, 0.3) is 0 Å². The van der Waals surface area contributed by atoms with Gasteiger partial charge in [-0.25, -0.2) is 0 Å². The van der Waals surface area contributed by atoms with Crippen molar-refractivity contribution in [3.05, 3.63) is 62.6 Å². The topological polar surface area (TPSA) is 49.4 Å². The van der Waals surface area contributed by atoms with Crippen LogP contribution in [0.4, 0.5) is 5.69 Å². The lowest BCUT2D eigenvalue weighted by molar-refractivity contribution is -0.126. The third-order valence-corrected chi connectivity index (χ3v) is 4.62. The summed E-state index contributed by atoms with van der Waals surface area (Å²) in [5.74, 6) is -0.515. The minimum Gasteiger partial charge on any atom is -0.341 e.